The number of hydrogen-bond acceptors (Lipinski definition) is 2. The Morgan fingerprint density at radius 2 is 2.12 bits per heavy atom. The van der Waals surface area contributed by atoms with E-state index in [1.807, 2.05) is 24.3 Å². The molecule has 0 saturated carbocycles. The predicted molar refractivity (Wildman–Crippen MR) is 98.4 cm³/mol. The normalized spacial score (nSPS) is 18.5. The molecule has 1 aliphatic heterocycles. The van der Waals surface area contributed by atoms with E-state index in [0.717, 1.165) is 30.5 Å². The van der Waals surface area contributed by atoms with Crippen LogP contribution in [0.2, 0.25) is 0 Å². The van der Waals surface area contributed by atoms with Gasteiger partial charge in [0.2, 0.25) is 0 Å². The van der Waals surface area contributed by atoms with E-state index < -0.39 is 0 Å². The third kappa shape index (κ3) is 2.67. The summed E-state index contributed by atoms with van der Waals surface area (Å²) in [5.41, 5.74) is 1.65. The monoisotopic (exact) mass is 321 g/mol. The zero-order chi connectivity index (χ0) is 16.5. The summed E-state index contributed by atoms with van der Waals surface area (Å²) in [4.78, 5) is 18.2. The molecular weight excluding hydrogens is 298 g/mol. The molecule has 0 bridgehead atoms. The molecule has 3 aromatic rings. The Morgan fingerprint density at radius 3 is 3.00 bits per heavy atom. The number of fused-ring (bicyclic) bond motifs is 3. The Morgan fingerprint density at radius 1 is 1.25 bits per heavy atom. The van der Waals surface area contributed by atoms with Gasteiger partial charge in [-0.25, -0.2) is 0 Å². The Kier molecular flexibility index (Phi) is 3.98. The second kappa shape index (κ2) is 6.29. The number of aromatic nitrogens is 1. The summed E-state index contributed by atoms with van der Waals surface area (Å²) in [7, 11) is 0. The van der Waals surface area contributed by atoms with Crippen LogP contribution in [-0.4, -0.2) is 41.5 Å². The summed E-state index contributed by atoms with van der Waals surface area (Å²) in [5, 5.41) is 6.58. The number of carbonyl (C=O) groups is 1. The molecule has 1 atom stereocenters. The second-order valence-corrected chi connectivity index (χ2v) is 6.57. The number of aromatic amines is 1. The van der Waals surface area contributed by atoms with Crippen molar-refractivity contribution in [3.05, 3.63) is 48.2 Å². The fourth-order valence-electron chi connectivity index (χ4n) is 3.86. The lowest BCUT2D eigenvalue weighted by Crippen LogP contribution is -2.40. The molecule has 1 fully saturated rings. The summed E-state index contributed by atoms with van der Waals surface area (Å²) in [6.45, 7) is 5.11. The van der Waals surface area contributed by atoms with Crippen LogP contribution < -0.4 is 5.32 Å². The molecule has 2 heterocycles. The van der Waals surface area contributed by atoms with Crippen molar-refractivity contribution in [2.75, 3.05) is 19.6 Å². The number of likely N-dealkylation sites (N-methyl/N-ethyl adjacent to an activating group) is 1. The van der Waals surface area contributed by atoms with E-state index in [1.165, 1.54) is 23.6 Å². The van der Waals surface area contributed by atoms with E-state index in [-0.39, 0.29) is 5.91 Å². The van der Waals surface area contributed by atoms with Gasteiger partial charge in [0.05, 0.1) is 0 Å². The van der Waals surface area contributed by atoms with Crippen molar-refractivity contribution in [2.24, 2.45) is 0 Å². The molecular formula is C20H23N3O. The molecule has 1 aliphatic rings. The third-order valence-electron chi connectivity index (χ3n) is 5.18. The van der Waals surface area contributed by atoms with Crippen molar-refractivity contribution in [1.82, 2.24) is 15.2 Å². The molecule has 0 spiro atoms. The lowest BCUT2D eigenvalue weighted by Gasteiger charge is -2.22. The fraction of sp³-hybridized carbons (Fsp3) is 0.350. The van der Waals surface area contributed by atoms with Gasteiger partial charge >= 0.3 is 0 Å². The van der Waals surface area contributed by atoms with Gasteiger partial charge in [0, 0.05) is 23.5 Å². The van der Waals surface area contributed by atoms with Gasteiger partial charge in [-0.1, -0.05) is 37.3 Å². The summed E-state index contributed by atoms with van der Waals surface area (Å²) in [6, 6.07) is 14.9. The molecule has 0 unspecified atom stereocenters. The van der Waals surface area contributed by atoms with Gasteiger partial charge in [-0.2, -0.15) is 0 Å². The van der Waals surface area contributed by atoms with E-state index in [2.05, 4.69) is 40.3 Å². The summed E-state index contributed by atoms with van der Waals surface area (Å²) >= 11 is 0. The third-order valence-corrected chi connectivity index (χ3v) is 5.18. The molecule has 4 heteroatoms. The Bertz CT molecular complexity index is 883. The minimum absolute atomic E-state index is 0.0155. The van der Waals surface area contributed by atoms with Crippen molar-refractivity contribution in [1.29, 1.82) is 0 Å². The molecule has 2 N–H and O–H groups in total. The first-order chi connectivity index (χ1) is 11.8. The molecule has 124 valence electrons. The molecule has 1 amide bonds. The van der Waals surface area contributed by atoms with Gasteiger partial charge in [0.1, 0.15) is 5.69 Å². The number of carbonyl (C=O) groups excluding carboxylic acids is 1. The molecule has 1 saturated heterocycles. The summed E-state index contributed by atoms with van der Waals surface area (Å²) in [6.07, 6.45) is 2.40. The Labute approximate surface area is 141 Å². The van der Waals surface area contributed by atoms with Crippen molar-refractivity contribution >= 4 is 27.6 Å². The minimum Gasteiger partial charge on any atom is -0.351 e. The number of hydrogen-bond donors (Lipinski definition) is 2. The number of H-pyrrole nitrogens is 1. The molecule has 4 nitrogen and oxygen atoms in total. The topological polar surface area (TPSA) is 48.1 Å². The van der Waals surface area contributed by atoms with Crippen molar-refractivity contribution < 1.29 is 4.79 Å². The van der Waals surface area contributed by atoms with Gasteiger partial charge in [0.15, 0.2) is 0 Å². The first kappa shape index (κ1) is 15.2. The zero-order valence-electron chi connectivity index (χ0n) is 14.0. The van der Waals surface area contributed by atoms with Crippen LogP contribution in [0, 0.1) is 0 Å². The SMILES string of the molecule is CCN1CCC[C@@H]1CNC(=O)c1cc2c(ccc3ccccc32)[nH]1. The maximum Gasteiger partial charge on any atom is 0.267 e. The first-order valence-electron chi connectivity index (χ1n) is 8.79. The number of nitrogens with zero attached hydrogens (tertiary/aromatic N) is 1. The highest BCUT2D eigenvalue weighted by Crippen LogP contribution is 2.26. The van der Waals surface area contributed by atoms with E-state index in [1.54, 1.807) is 0 Å². The van der Waals surface area contributed by atoms with Crippen LogP contribution in [0.25, 0.3) is 21.7 Å². The van der Waals surface area contributed by atoms with E-state index in [0.29, 0.717) is 11.7 Å². The number of likely N-dealkylation sites (tertiary alicyclic amines) is 1. The van der Waals surface area contributed by atoms with Crippen LogP contribution in [0.4, 0.5) is 0 Å². The van der Waals surface area contributed by atoms with Gasteiger partial charge in [-0.05, 0) is 48.8 Å². The van der Waals surface area contributed by atoms with E-state index in [4.69, 9.17) is 0 Å². The zero-order valence-corrected chi connectivity index (χ0v) is 14.0. The van der Waals surface area contributed by atoms with Gasteiger partial charge in [-0.15, -0.1) is 0 Å². The number of rotatable bonds is 4. The predicted octanol–water partition coefficient (Wildman–Crippen LogP) is 3.54. The van der Waals surface area contributed by atoms with Crippen molar-refractivity contribution in [3.8, 4) is 0 Å². The molecule has 4 rings (SSSR count). The number of benzene rings is 2. The molecule has 2 aromatic carbocycles. The van der Waals surface area contributed by atoms with Crippen molar-refractivity contribution in [3.63, 3.8) is 0 Å². The smallest absolute Gasteiger partial charge is 0.267 e. The summed E-state index contributed by atoms with van der Waals surface area (Å²) < 4.78 is 0. The summed E-state index contributed by atoms with van der Waals surface area (Å²) in [5.74, 6) is -0.0155. The largest absolute Gasteiger partial charge is 0.351 e. The van der Waals surface area contributed by atoms with E-state index in [9.17, 15) is 4.79 Å². The molecule has 24 heavy (non-hydrogen) atoms. The lowest BCUT2D eigenvalue weighted by molar-refractivity contribution is 0.0937. The van der Waals surface area contributed by atoms with Gasteiger partial charge < -0.3 is 10.3 Å². The highest BCUT2D eigenvalue weighted by atomic mass is 16.1. The quantitative estimate of drug-likeness (QED) is 0.772. The van der Waals surface area contributed by atoms with Crippen LogP contribution in [0.3, 0.4) is 0 Å². The van der Waals surface area contributed by atoms with Crippen LogP contribution >= 0.6 is 0 Å². The average Bonchev–Trinajstić information content (AvgIpc) is 3.26. The van der Waals surface area contributed by atoms with Crippen LogP contribution in [0.1, 0.15) is 30.3 Å². The average molecular weight is 321 g/mol. The molecule has 0 radical (unpaired) electrons. The molecule has 1 aromatic heterocycles. The number of nitrogens with one attached hydrogen (secondary N) is 2. The van der Waals surface area contributed by atoms with Crippen LogP contribution in [0.15, 0.2) is 42.5 Å². The Hall–Kier alpha value is -2.33. The highest BCUT2D eigenvalue weighted by molar-refractivity contribution is 6.09. The van der Waals surface area contributed by atoms with Crippen molar-refractivity contribution in [2.45, 2.75) is 25.8 Å². The highest BCUT2D eigenvalue weighted by Gasteiger charge is 2.23. The Balaban J connectivity index is 1.55. The maximum atomic E-state index is 12.5. The lowest BCUT2D eigenvalue weighted by atomic mass is 10.1. The molecule has 0 aliphatic carbocycles. The van der Waals surface area contributed by atoms with Crippen LogP contribution in [0.5, 0.6) is 0 Å². The van der Waals surface area contributed by atoms with Crippen LogP contribution in [-0.2, 0) is 0 Å². The second-order valence-electron chi connectivity index (χ2n) is 6.57. The fourth-order valence-corrected chi connectivity index (χ4v) is 3.86. The standard InChI is InChI=1S/C20H23N3O/c1-2-23-11-5-7-15(23)13-21-20(24)19-12-17-16-8-4-3-6-14(16)9-10-18(17)22-19/h3-4,6,8-10,12,15,22H,2,5,7,11,13H2,1H3,(H,21,24)/t15-/m1/s1. The van der Waals surface area contributed by atoms with Gasteiger partial charge in [0.25, 0.3) is 5.91 Å². The minimum atomic E-state index is -0.0155. The van der Waals surface area contributed by atoms with E-state index >= 15 is 0 Å². The maximum absolute atomic E-state index is 12.5. The first-order valence-corrected chi connectivity index (χ1v) is 8.79. The number of amides is 1. The van der Waals surface area contributed by atoms with Gasteiger partial charge in [-0.3, -0.25) is 9.69 Å².